The molecule has 0 amide bonds. The van der Waals surface area contributed by atoms with E-state index in [0.29, 0.717) is 15.6 Å². The summed E-state index contributed by atoms with van der Waals surface area (Å²) in [6.45, 7) is 1.99. The number of fused-ring (bicyclic) bond motifs is 1. The Morgan fingerprint density at radius 2 is 1.82 bits per heavy atom. The second kappa shape index (κ2) is 7.92. The molecule has 4 rings (SSSR count). The highest BCUT2D eigenvalue weighted by Crippen LogP contribution is 2.25. The molecule has 28 heavy (non-hydrogen) atoms. The molecule has 1 N–H and O–H groups in total. The number of anilines is 1. The maximum atomic E-state index is 13.2. The summed E-state index contributed by atoms with van der Waals surface area (Å²) in [4.78, 5) is 1.05. The zero-order valence-corrected chi connectivity index (χ0v) is 16.9. The number of nitrogens with zero attached hydrogens (tertiary/aromatic N) is 1. The molecule has 2 aromatic carbocycles. The summed E-state index contributed by atoms with van der Waals surface area (Å²) in [7, 11) is 0. The van der Waals surface area contributed by atoms with Gasteiger partial charge in [0, 0.05) is 27.6 Å². The van der Waals surface area contributed by atoms with Crippen LogP contribution in [0.2, 0.25) is 0 Å². The molecule has 0 aliphatic rings. The van der Waals surface area contributed by atoms with Crippen LogP contribution < -0.4 is 15.0 Å². The second-order valence-electron chi connectivity index (χ2n) is 6.42. The van der Waals surface area contributed by atoms with Gasteiger partial charge in [-0.15, -0.1) is 11.3 Å². The van der Waals surface area contributed by atoms with Gasteiger partial charge < -0.3 is 10.4 Å². The number of benzene rings is 2. The molecule has 0 aliphatic heterocycles. The first kappa shape index (κ1) is 18.3. The highest BCUT2D eigenvalue weighted by Gasteiger charge is 2.20. The third kappa shape index (κ3) is 3.67. The molecule has 0 aliphatic carbocycles. The van der Waals surface area contributed by atoms with Gasteiger partial charge in [-0.2, -0.15) is 4.57 Å². The van der Waals surface area contributed by atoms with Crippen molar-refractivity contribution in [3.63, 3.8) is 0 Å². The fourth-order valence-corrected chi connectivity index (χ4v) is 4.08. The molecule has 0 saturated heterocycles. The van der Waals surface area contributed by atoms with Crippen LogP contribution in [0, 0.1) is 6.92 Å². The number of rotatable bonds is 4. The molecule has 0 radical (unpaired) electrons. The van der Waals surface area contributed by atoms with Crippen molar-refractivity contribution in [2.75, 3.05) is 5.32 Å². The van der Waals surface area contributed by atoms with Crippen molar-refractivity contribution in [1.29, 1.82) is 0 Å². The third-order valence-electron chi connectivity index (χ3n) is 4.42. The molecular weight excluding hydrogens is 384 g/mol. The molecule has 0 bridgehead atoms. The first-order valence-corrected chi connectivity index (χ1v) is 10.1. The van der Waals surface area contributed by atoms with E-state index in [2.05, 4.69) is 17.4 Å². The summed E-state index contributed by atoms with van der Waals surface area (Å²) in [6.07, 6.45) is 3.77. The molecule has 4 aromatic rings. The van der Waals surface area contributed by atoms with Gasteiger partial charge in [0.2, 0.25) is 5.70 Å². The highest BCUT2D eigenvalue weighted by atomic mass is 32.1. The fourth-order valence-electron chi connectivity index (χ4n) is 3.11. The molecular formula is C23H18N2OS2. The van der Waals surface area contributed by atoms with E-state index in [0.717, 1.165) is 22.0 Å². The molecule has 3 nitrogen and oxygen atoms in total. The molecule has 0 spiro atoms. The van der Waals surface area contributed by atoms with Gasteiger partial charge in [-0.3, -0.25) is 0 Å². The molecule has 138 valence electrons. The second-order valence-corrected chi connectivity index (χ2v) is 7.78. The Morgan fingerprint density at radius 3 is 2.61 bits per heavy atom. The summed E-state index contributed by atoms with van der Waals surface area (Å²) < 4.78 is 1.80. The van der Waals surface area contributed by atoms with E-state index in [1.165, 1.54) is 11.3 Å². The van der Waals surface area contributed by atoms with E-state index in [9.17, 15) is 5.11 Å². The number of hydrogen-bond donors (Lipinski definition) is 1. The quantitative estimate of drug-likeness (QED) is 0.234. The molecule has 0 atom stereocenters. The van der Waals surface area contributed by atoms with Gasteiger partial charge in [-0.25, -0.2) is 0 Å². The van der Waals surface area contributed by atoms with E-state index < -0.39 is 0 Å². The highest BCUT2D eigenvalue weighted by molar-refractivity contribution is 7.81. The molecule has 0 unspecified atom stereocenters. The SMILES string of the molecule is Cc1ccc[n+](C(C(=S)Nc2cccc3ccccc23)=C([O-])c2cccs2)c1. The van der Waals surface area contributed by atoms with Gasteiger partial charge in [0.1, 0.15) is 0 Å². The Labute approximate surface area is 173 Å². The van der Waals surface area contributed by atoms with Gasteiger partial charge in [-0.1, -0.05) is 54.7 Å². The summed E-state index contributed by atoms with van der Waals surface area (Å²) in [5.41, 5.74) is 2.37. The number of thiophene rings is 1. The van der Waals surface area contributed by atoms with Crippen molar-refractivity contribution in [1.82, 2.24) is 0 Å². The summed E-state index contributed by atoms with van der Waals surface area (Å²) in [6, 6.07) is 21.7. The Hall–Kier alpha value is -3.02. The molecule has 2 aromatic heterocycles. The van der Waals surface area contributed by atoms with Crippen LogP contribution in [0.15, 0.2) is 84.5 Å². The lowest BCUT2D eigenvalue weighted by Crippen LogP contribution is -2.40. The lowest BCUT2D eigenvalue weighted by molar-refractivity contribution is -0.578. The molecule has 5 heteroatoms. The zero-order chi connectivity index (χ0) is 19.5. The molecule has 0 saturated carbocycles. The monoisotopic (exact) mass is 402 g/mol. The summed E-state index contributed by atoms with van der Waals surface area (Å²) >= 11 is 7.12. The van der Waals surface area contributed by atoms with Crippen molar-refractivity contribution >= 4 is 56.5 Å². The normalized spacial score (nSPS) is 11.9. The lowest BCUT2D eigenvalue weighted by Gasteiger charge is -2.16. The van der Waals surface area contributed by atoms with Crippen molar-refractivity contribution in [3.05, 3.63) is 94.9 Å². The van der Waals surface area contributed by atoms with E-state index in [-0.39, 0.29) is 5.76 Å². The van der Waals surface area contributed by atoms with Crippen LogP contribution in [0.4, 0.5) is 5.69 Å². The minimum atomic E-state index is -0.0941. The predicted octanol–water partition coefficient (Wildman–Crippen LogP) is 4.62. The van der Waals surface area contributed by atoms with Crippen LogP contribution in [-0.2, 0) is 0 Å². The molecule has 0 fully saturated rings. The third-order valence-corrected chi connectivity index (χ3v) is 5.58. The van der Waals surface area contributed by atoms with Gasteiger partial charge in [0.25, 0.3) is 0 Å². The van der Waals surface area contributed by atoms with Crippen LogP contribution in [0.25, 0.3) is 22.2 Å². The van der Waals surface area contributed by atoms with Crippen molar-refractivity contribution < 1.29 is 9.67 Å². The van der Waals surface area contributed by atoms with Crippen LogP contribution in [0.1, 0.15) is 10.4 Å². The zero-order valence-electron chi connectivity index (χ0n) is 15.3. The van der Waals surface area contributed by atoms with E-state index >= 15 is 0 Å². The van der Waals surface area contributed by atoms with Crippen LogP contribution in [0.3, 0.4) is 0 Å². The number of aryl methyl sites for hydroxylation is 1. The molecule has 2 heterocycles. The van der Waals surface area contributed by atoms with Crippen LogP contribution in [-0.4, -0.2) is 4.99 Å². The minimum absolute atomic E-state index is 0.0941. The Bertz CT molecular complexity index is 1170. The van der Waals surface area contributed by atoms with Crippen LogP contribution in [0.5, 0.6) is 0 Å². The average Bonchev–Trinajstić information content (AvgIpc) is 3.23. The lowest BCUT2D eigenvalue weighted by atomic mass is 10.1. The number of nitrogens with one attached hydrogen (secondary N) is 1. The number of pyridine rings is 1. The van der Waals surface area contributed by atoms with Gasteiger partial charge in [-0.05, 0) is 41.6 Å². The Morgan fingerprint density at radius 1 is 1.00 bits per heavy atom. The van der Waals surface area contributed by atoms with Crippen molar-refractivity contribution in [2.45, 2.75) is 6.92 Å². The summed E-state index contributed by atoms with van der Waals surface area (Å²) in [5, 5.41) is 20.6. The number of aromatic nitrogens is 1. The maximum Gasteiger partial charge on any atom is 0.239 e. The van der Waals surface area contributed by atoms with Gasteiger partial charge in [0.15, 0.2) is 17.4 Å². The topological polar surface area (TPSA) is 39.0 Å². The first-order chi connectivity index (χ1) is 13.6. The smallest absolute Gasteiger partial charge is 0.239 e. The Balaban J connectivity index is 1.81. The number of hydrogen-bond acceptors (Lipinski definition) is 3. The van der Waals surface area contributed by atoms with Crippen LogP contribution >= 0.6 is 23.6 Å². The number of thiocarbonyl (C=S) groups is 1. The largest absolute Gasteiger partial charge is 0.867 e. The average molecular weight is 403 g/mol. The van der Waals surface area contributed by atoms with Crippen molar-refractivity contribution in [2.24, 2.45) is 0 Å². The standard InChI is InChI=1S/C23H18N2OS2/c1-16-7-5-13-25(15-16)21(22(26)20-12-6-14-28-20)23(27)24-19-11-4-9-17-8-2-3-10-18(17)19/h2-15H,1H3,(H-,24,26,27). The summed E-state index contributed by atoms with van der Waals surface area (Å²) in [5.74, 6) is -0.0941. The van der Waals surface area contributed by atoms with Gasteiger partial charge >= 0.3 is 0 Å². The van der Waals surface area contributed by atoms with Gasteiger partial charge in [0.05, 0.1) is 0 Å². The maximum absolute atomic E-state index is 13.2. The van der Waals surface area contributed by atoms with Crippen molar-refractivity contribution in [3.8, 4) is 0 Å². The predicted molar refractivity (Wildman–Crippen MR) is 119 cm³/mol. The fraction of sp³-hybridized carbons (Fsp3) is 0.0435. The Kier molecular flexibility index (Phi) is 5.19. The van der Waals surface area contributed by atoms with E-state index in [1.807, 2.05) is 79.3 Å². The van der Waals surface area contributed by atoms with E-state index in [1.54, 1.807) is 4.57 Å². The van der Waals surface area contributed by atoms with E-state index in [4.69, 9.17) is 12.2 Å². The minimum Gasteiger partial charge on any atom is -0.867 e. The first-order valence-electron chi connectivity index (χ1n) is 8.86.